The predicted octanol–water partition coefficient (Wildman–Crippen LogP) is 5.60. The van der Waals surface area contributed by atoms with E-state index in [1.807, 2.05) is 68.4 Å². The molecule has 0 radical (unpaired) electrons. The molecule has 0 aromatic heterocycles. The van der Waals surface area contributed by atoms with Crippen molar-refractivity contribution in [2.75, 3.05) is 24.4 Å². The quantitative estimate of drug-likeness (QED) is 0.494. The molecule has 3 rings (SSSR count). The zero-order valence-electron chi connectivity index (χ0n) is 17.3. The number of aryl methyl sites for hydroxylation is 2. The van der Waals surface area contributed by atoms with Gasteiger partial charge in [0.15, 0.2) is 18.1 Å². The van der Waals surface area contributed by atoms with Gasteiger partial charge < -0.3 is 20.1 Å². The Morgan fingerprint density at radius 1 is 1.00 bits per heavy atom. The second-order valence-electron chi connectivity index (χ2n) is 6.97. The number of para-hydroxylation sites is 1. The first-order valence-electron chi connectivity index (χ1n) is 9.61. The fourth-order valence-electron chi connectivity index (χ4n) is 2.90. The molecule has 5 nitrogen and oxygen atoms in total. The zero-order valence-corrected chi connectivity index (χ0v) is 18.0. The second-order valence-corrected chi connectivity index (χ2v) is 7.38. The van der Waals surface area contributed by atoms with E-state index < -0.39 is 0 Å². The van der Waals surface area contributed by atoms with E-state index in [0.29, 0.717) is 23.1 Å². The second kappa shape index (κ2) is 10.0. The van der Waals surface area contributed by atoms with E-state index in [9.17, 15) is 4.79 Å². The van der Waals surface area contributed by atoms with Gasteiger partial charge >= 0.3 is 0 Å². The maximum atomic E-state index is 12.3. The van der Waals surface area contributed by atoms with Crippen molar-refractivity contribution in [1.82, 2.24) is 0 Å². The number of carbonyl (C=O) groups excluding carboxylic acids is 1. The van der Waals surface area contributed by atoms with Crippen LogP contribution >= 0.6 is 11.6 Å². The molecule has 6 heteroatoms. The lowest BCUT2D eigenvalue weighted by Crippen LogP contribution is -2.21. The van der Waals surface area contributed by atoms with Gasteiger partial charge in [-0.25, -0.2) is 0 Å². The Labute approximate surface area is 182 Å². The number of methoxy groups -OCH3 is 1. The number of carbonyl (C=O) groups is 1. The maximum absolute atomic E-state index is 12.3. The molecule has 3 aromatic carbocycles. The molecule has 0 bridgehead atoms. The largest absolute Gasteiger partial charge is 0.493 e. The Bertz CT molecular complexity index is 1020. The van der Waals surface area contributed by atoms with E-state index in [1.165, 1.54) is 0 Å². The van der Waals surface area contributed by atoms with E-state index in [-0.39, 0.29) is 12.5 Å². The molecule has 0 spiro atoms. The Kier molecular flexibility index (Phi) is 7.20. The van der Waals surface area contributed by atoms with Gasteiger partial charge in [-0.3, -0.25) is 4.79 Å². The van der Waals surface area contributed by atoms with Gasteiger partial charge in [-0.05, 0) is 49.7 Å². The summed E-state index contributed by atoms with van der Waals surface area (Å²) in [6, 6.07) is 19.0. The SMILES string of the molecule is COc1cccc(CNc2ccc(C)c(Cl)c2)c1OCC(=O)Nc1ccc(C)cc1. The third-order valence-corrected chi connectivity index (χ3v) is 5.03. The van der Waals surface area contributed by atoms with Gasteiger partial charge in [0.2, 0.25) is 0 Å². The van der Waals surface area contributed by atoms with Crippen LogP contribution in [0.15, 0.2) is 60.7 Å². The molecule has 0 heterocycles. The summed E-state index contributed by atoms with van der Waals surface area (Å²) in [5.74, 6) is 0.859. The van der Waals surface area contributed by atoms with Crippen LogP contribution in [0.25, 0.3) is 0 Å². The Morgan fingerprint density at radius 2 is 1.73 bits per heavy atom. The summed E-state index contributed by atoms with van der Waals surface area (Å²) in [5.41, 5.74) is 4.65. The molecule has 0 atom stereocenters. The number of hydrogen-bond acceptors (Lipinski definition) is 4. The minimum Gasteiger partial charge on any atom is -0.493 e. The molecule has 156 valence electrons. The van der Waals surface area contributed by atoms with Crippen LogP contribution in [-0.4, -0.2) is 19.6 Å². The third-order valence-electron chi connectivity index (χ3n) is 4.62. The molecule has 0 aliphatic carbocycles. The van der Waals surface area contributed by atoms with Gasteiger partial charge in [-0.1, -0.05) is 47.5 Å². The number of rotatable bonds is 8. The monoisotopic (exact) mass is 424 g/mol. The average molecular weight is 425 g/mol. The van der Waals surface area contributed by atoms with Gasteiger partial charge in [-0.2, -0.15) is 0 Å². The topological polar surface area (TPSA) is 59.6 Å². The smallest absolute Gasteiger partial charge is 0.262 e. The summed E-state index contributed by atoms with van der Waals surface area (Å²) in [6.45, 7) is 4.32. The highest BCUT2D eigenvalue weighted by Crippen LogP contribution is 2.32. The van der Waals surface area contributed by atoms with Crippen LogP contribution in [-0.2, 0) is 11.3 Å². The third kappa shape index (κ3) is 5.67. The summed E-state index contributed by atoms with van der Waals surface area (Å²) in [5, 5.41) is 6.87. The lowest BCUT2D eigenvalue weighted by atomic mass is 10.1. The average Bonchev–Trinajstić information content (AvgIpc) is 2.74. The van der Waals surface area contributed by atoms with Crippen LogP contribution in [0.2, 0.25) is 5.02 Å². The number of anilines is 2. The van der Waals surface area contributed by atoms with Crippen LogP contribution in [0.4, 0.5) is 11.4 Å². The summed E-state index contributed by atoms with van der Waals surface area (Å²) >= 11 is 6.21. The number of nitrogens with one attached hydrogen (secondary N) is 2. The van der Waals surface area contributed by atoms with Crippen LogP contribution in [0.5, 0.6) is 11.5 Å². The predicted molar refractivity (Wildman–Crippen MR) is 122 cm³/mol. The molecule has 1 amide bonds. The highest BCUT2D eigenvalue weighted by molar-refractivity contribution is 6.31. The molecule has 2 N–H and O–H groups in total. The molecular formula is C24H25ClN2O3. The minimum absolute atomic E-state index is 0.127. The van der Waals surface area contributed by atoms with Crippen molar-refractivity contribution in [3.63, 3.8) is 0 Å². The highest BCUT2D eigenvalue weighted by Gasteiger charge is 2.13. The van der Waals surface area contributed by atoms with Gasteiger partial charge in [0.05, 0.1) is 7.11 Å². The summed E-state index contributed by atoms with van der Waals surface area (Å²) in [6.07, 6.45) is 0. The van der Waals surface area contributed by atoms with E-state index in [0.717, 1.165) is 28.1 Å². The summed E-state index contributed by atoms with van der Waals surface area (Å²) < 4.78 is 11.3. The van der Waals surface area contributed by atoms with Gasteiger partial charge in [0.25, 0.3) is 5.91 Å². The number of amides is 1. The van der Waals surface area contributed by atoms with Gasteiger partial charge in [0.1, 0.15) is 0 Å². The molecule has 3 aromatic rings. The van der Waals surface area contributed by atoms with E-state index >= 15 is 0 Å². The van der Waals surface area contributed by atoms with Crippen molar-refractivity contribution in [1.29, 1.82) is 0 Å². The number of hydrogen-bond donors (Lipinski definition) is 2. The van der Waals surface area contributed by atoms with E-state index in [4.69, 9.17) is 21.1 Å². The van der Waals surface area contributed by atoms with Crippen molar-refractivity contribution >= 4 is 28.9 Å². The first-order valence-corrected chi connectivity index (χ1v) is 9.99. The molecule has 0 aliphatic heterocycles. The Balaban J connectivity index is 1.67. The zero-order chi connectivity index (χ0) is 21.5. The van der Waals surface area contributed by atoms with Crippen LogP contribution in [0, 0.1) is 13.8 Å². The lowest BCUT2D eigenvalue weighted by molar-refractivity contribution is -0.118. The first-order chi connectivity index (χ1) is 14.5. The molecular weight excluding hydrogens is 400 g/mol. The van der Waals surface area contributed by atoms with Crippen molar-refractivity contribution in [3.05, 3.63) is 82.4 Å². The summed E-state index contributed by atoms with van der Waals surface area (Å²) in [7, 11) is 1.57. The van der Waals surface area contributed by atoms with E-state index in [1.54, 1.807) is 13.2 Å². The van der Waals surface area contributed by atoms with Crippen LogP contribution in [0.3, 0.4) is 0 Å². The number of benzene rings is 3. The van der Waals surface area contributed by atoms with Crippen molar-refractivity contribution in [2.45, 2.75) is 20.4 Å². The molecule has 0 aliphatic rings. The van der Waals surface area contributed by atoms with Gasteiger partial charge in [-0.15, -0.1) is 0 Å². The normalized spacial score (nSPS) is 10.4. The van der Waals surface area contributed by atoms with E-state index in [2.05, 4.69) is 10.6 Å². The fraction of sp³-hybridized carbons (Fsp3) is 0.208. The lowest BCUT2D eigenvalue weighted by Gasteiger charge is -2.16. The molecule has 0 unspecified atom stereocenters. The first kappa shape index (κ1) is 21.5. The molecule has 0 fully saturated rings. The van der Waals surface area contributed by atoms with Crippen LogP contribution < -0.4 is 20.1 Å². The van der Waals surface area contributed by atoms with Crippen molar-refractivity contribution < 1.29 is 14.3 Å². The van der Waals surface area contributed by atoms with Crippen molar-refractivity contribution in [2.24, 2.45) is 0 Å². The molecule has 0 saturated carbocycles. The fourth-order valence-corrected chi connectivity index (χ4v) is 3.08. The summed E-state index contributed by atoms with van der Waals surface area (Å²) in [4.78, 5) is 12.3. The van der Waals surface area contributed by atoms with Crippen molar-refractivity contribution in [3.8, 4) is 11.5 Å². The minimum atomic E-state index is -0.242. The Hall–Kier alpha value is -3.18. The Morgan fingerprint density at radius 3 is 2.43 bits per heavy atom. The number of ether oxygens (including phenoxy) is 2. The molecule has 0 saturated heterocycles. The van der Waals surface area contributed by atoms with Crippen LogP contribution in [0.1, 0.15) is 16.7 Å². The number of halogens is 1. The molecule has 30 heavy (non-hydrogen) atoms. The standard InChI is InChI=1S/C24H25ClN2O3/c1-16-7-10-19(11-8-16)27-23(28)15-30-24-18(5-4-6-22(24)29-3)14-26-20-12-9-17(2)21(25)13-20/h4-13,26H,14-15H2,1-3H3,(H,27,28). The maximum Gasteiger partial charge on any atom is 0.262 e. The van der Waals surface area contributed by atoms with Gasteiger partial charge in [0, 0.05) is 28.5 Å². The highest BCUT2D eigenvalue weighted by atomic mass is 35.5.